The van der Waals surface area contributed by atoms with Gasteiger partial charge in [-0.05, 0) is 55.0 Å². The SMILES string of the molecule is Cc1nccn1Cc1ccc(C(=O)N[C@@H]2CCCc3ccccc32)cc1. The number of fused-ring (bicyclic) bond motifs is 1. The average Bonchev–Trinajstić information content (AvgIpc) is 3.07. The number of hydrogen-bond donors (Lipinski definition) is 1. The third kappa shape index (κ3) is 3.40. The minimum atomic E-state index is -0.00272. The van der Waals surface area contributed by atoms with Crippen LogP contribution in [0.25, 0.3) is 0 Å². The Kier molecular flexibility index (Phi) is 4.57. The van der Waals surface area contributed by atoms with E-state index < -0.39 is 0 Å². The Balaban J connectivity index is 1.45. The van der Waals surface area contributed by atoms with E-state index in [9.17, 15) is 4.79 Å². The van der Waals surface area contributed by atoms with Gasteiger partial charge in [-0.25, -0.2) is 4.98 Å². The lowest BCUT2D eigenvalue weighted by atomic mass is 9.87. The monoisotopic (exact) mass is 345 g/mol. The summed E-state index contributed by atoms with van der Waals surface area (Å²) in [6, 6.07) is 16.4. The maximum atomic E-state index is 12.7. The Labute approximate surface area is 153 Å². The first-order valence-electron chi connectivity index (χ1n) is 9.16. The van der Waals surface area contributed by atoms with Gasteiger partial charge in [0.15, 0.2) is 0 Å². The maximum absolute atomic E-state index is 12.7. The van der Waals surface area contributed by atoms with E-state index >= 15 is 0 Å². The van der Waals surface area contributed by atoms with E-state index in [0.29, 0.717) is 5.56 Å². The molecule has 0 bridgehead atoms. The van der Waals surface area contributed by atoms with Gasteiger partial charge in [0.05, 0.1) is 6.04 Å². The zero-order valence-corrected chi connectivity index (χ0v) is 15.0. The topological polar surface area (TPSA) is 46.9 Å². The van der Waals surface area contributed by atoms with Crippen molar-refractivity contribution < 1.29 is 4.79 Å². The summed E-state index contributed by atoms with van der Waals surface area (Å²) in [4.78, 5) is 16.9. The number of nitrogens with zero attached hydrogens (tertiary/aromatic N) is 2. The Morgan fingerprint density at radius 2 is 2.00 bits per heavy atom. The van der Waals surface area contributed by atoms with Crippen LogP contribution in [0.3, 0.4) is 0 Å². The summed E-state index contributed by atoms with van der Waals surface area (Å²) in [5.74, 6) is 0.986. The molecule has 0 spiro atoms. The van der Waals surface area contributed by atoms with E-state index in [1.165, 1.54) is 11.1 Å². The van der Waals surface area contributed by atoms with Crippen LogP contribution < -0.4 is 5.32 Å². The highest BCUT2D eigenvalue weighted by Gasteiger charge is 2.21. The number of nitrogens with one attached hydrogen (secondary N) is 1. The minimum absolute atomic E-state index is 0.00272. The van der Waals surface area contributed by atoms with Crippen molar-refractivity contribution in [3.63, 3.8) is 0 Å². The van der Waals surface area contributed by atoms with Crippen molar-refractivity contribution in [2.75, 3.05) is 0 Å². The van der Waals surface area contributed by atoms with Crippen LogP contribution in [0.4, 0.5) is 0 Å². The van der Waals surface area contributed by atoms with E-state index in [-0.39, 0.29) is 11.9 Å². The zero-order valence-electron chi connectivity index (χ0n) is 15.0. The van der Waals surface area contributed by atoms with Crippen LogP contribution in [0.15, 0.2) is 60.9 Å². The molecule has 4 heteroatoms. The molecular formula is C22H23N3O. The summed E-state index contributed by atoms with van der Waals surface area (Å²) in [7, 11) is 0. The highest BCUT2D eigenvalue weighted by molar-refractivity contribution is 5.94. The van der Waals surface area contributed by atoms with Gasteiger partial charge in [0, 0.05) is 24.5 Å². The van der Waals surface area contributed by atoms with Crippen LogP contribution in [0, 0.1) is 6.92 Å². The number of benzene rings is 2. The van der Waals surface area contributed by atoms with Crippen molar-refractivity contribution >= 4 is 5.91 Å². The molecule has 4 nitrogen and oxygen atoms in total. The molecule has 1 aromatic heterocycles. The van der Waals surface area contributed by atoms with Crippen LogP contribution >= 0.6 is 0 Å². The Morgan fingerprint density at radius 3 is 2.77 bits per heavy atom. The first-order chi connectivity index (χ1) is 12.7. The quantitative estimate of drug-likeness (QED) is 0.775. The number of aryl methyl sites for hydroxylation is 2. The molecule has 0 unspecified atom stereocenters. The van der Waals surface area contributed by atoms with E-state index in [2.05, 4.69) is 39.1 Å². The third-order valence-corrected chi connectivity index (χ3v) is 5.17. The Bertz CT molecular complexity index is 911. The van der Waals surface area contributed by atoms with Crippen LogP contribution in [0.5, 0.6) is 0 Å². The summed E-state index contributed by atoms with van der Waals surface area (Å²) >= 11 is 0. The summed E-state index contributed by atoms with van der Waals surface area (Å²) in [6.07, 6.45) is 6.99. The molecule has 1 amide bonds. The fourth-order valence-electron chi connectivity index (χ4n) is 3.67. The average molecular weight is 345 g/mol. The van der Waals surface area contributed by atoms with E-state index in [1.807, 2.05) is 37.4 Å². The number of aromatic nitrogens is 2. The van der Waals surface area contributed by atoms with Gasteiger partial charge in [-0.2, -0.15) is 0 Å². The first-order valence-corrected chi connectivity index (χ1v) is 9.16. The summed E-state index contributed by atoms with van der Waals surface area (Å²) in [5, 5.41) is 3.21. The van der Waals surface area contributed by atoms with E-state index in [4.69, 9.17) is 0 Å². The standard InChI is InChI=1S/C22H23N3O/c1-16-23-13-14-25(16)15-17-9-11-19(12-10-17)22(26)24-21-8-4-6-18-5-2-3-7-20(18)21/h2-3,5,7,9-14,21H,4,6,8,15H2,1H3,(H,24,26)/t21-/m1/s1. The molecule has 0 saturated carbocycles. The number of carbonyl (C=O) groups is 1. The zero-order chi connectivity index (χ0) is 17.9. The summed E-state index contributed by atoms with van der Waals surface area (Å²) < 4.78 is 2.09. The van der Waals surface area contributed by atoms with E-state index in [0.717, 1.165) is 37.2 Å². The molecule has 1 N–H and O–H groups in total. The second kappa shape index (κ2) is 7.16. The van der Waals surface area contributed by atoms with Crippen molar-refractivity contribution in [3.05, 3.63) is 89.0 Å². The van der Waals surface area contributed by atoms with Crippen LogP contribution in [0.1, 0.15) is 51.8 Å². The highest BCUT2D eigenvalue weighted by Crippen LogP contribution is 2.29. The lowest BCUT2D eigenvalue weighted by molar-refractivity contribution is 0.0932. The number of carbonyl (C=O) groups excluding carboxylic acids is 1. The van der Waals surface area contributed by atoms with Gasteiger partial charge in [0.2, 0.25) is 0 Å². The third-order valence-electron chi connectivity index (χ3n) is 5.17. The Hall–Kier alpha value is -2.88. The molecule has 2 aromatic carbocycles. The smallest absolute Gasteiger partial charge is 0.251 e. The molecule has 0 saturated heterocycles. The second-order valence-electron chi connectivity index (χ2n) is 6.92. The number of imidazole rings is 1. The van der Waals surface area contributed by atoms with E-state index in [1.54, 1.807) is 6.20 Å². The largest absolute Gasteiger partial charge is 0.345 e. The minimum Gasteiger partial charge on any atom is -0.345 e. The highest BCUT2D eigenvalue weighted by atomic mass is 16.1. The van der Waals surface area contributed by atoms with Crippen LogP contribution in [-0.4, -0.2) is 15.5 Å². The fraction of sp³-hybridized carbons (Fsp3) is 0.273. The van der Waals surface area contributed by atoms with Gasteiger partial charge in [-0.3, -0.25) is 4.79 Å². The number of hydrogen-bond acceptors (Lipinski definition) is 2. The second-order valence-corrected chi connectivity index (χ2v) is 6.92. The predicted octanol–water partition coefficient (Wildman–Crippen LogP) is 4.05. The van der Waals surface area contributed by atoms with Crippen LogP contribution in [-0.2, 0) is 13.0 Å². The predicted molar refractivity (Wildman–Crippen MR) is 102 cm³/mol. The molecule has 1 aliphatic rings. The maximum Gasteiger partial charge on any atom is 0.251 e. The molecule has 1 aliphatic carbocycles. The lowest BCUT2D eigenvalue weighted by Crippen LogP contribution is -2.30. The summed E-state index contributed by atoms with van der Waals surface area (Å²) in [6.45, 7) is 2.76. The van der Waals surface area contributed by atoms with Gasteiger partial charge >= 0.3 is 0 Å². The molecule has 0 radical (unpaired) electrons. The number of amides is 1. The molecule has 4 rings (SSSR count). The molecule has 1 heterocycles. The molecule has 0 fully saturated rings. The molecule has 0 aliphatic heterocycles. The number of rotatable bonds is 4. The lowest BCUT2D eigenvalue weighted by Gasteiger charge is -2.26. The molecule has 132 valence electrons. The molecular weight excluding hydrogens is 322 g/mol. The van der Waals surface area contributed by atoms with Gasteiger partial charge in [-0.1, -0.05) is 36.4 Å². The van der Waals surface area contributed by atoms with Gasteiger partial charge in [0.1, 0.15) is 5.82 Å². The van der Waals surface area contributed by atoms with Gasteiger partial charge in [-0.15, -0.1) is 0 Å². The molecule has 26 heavy (non-hydrogen) atoms. The normalized spacial score (nSPS) is 16.1. The van der Waals surface area contributed by atoms with Crippen LogP contribution in [0.2, 0.25) is 0 Å². The van der Waals surface area contributed by atoms with Crippen molar-refractivity contribution in [2.24, 2.45) is 0 Å². The first kappa shape index (κ1) is 16.6. The van der Waals surface area contributed by atoms with Crippen molar-refractivity contribution in [1.82, 2.24) is 14.9 Å². The molecule has 3 aromatic rings. The van der Waals surface area contributed by atoms with Crippen molar-refractivity contribution in [2.45, 2.75) is 38.8 Å². The van der Waals surface area contributed by atoms with Crippen molar-refractivity contribution in [1.29, 1.82) is 0 Å². The molecule has 1 atom stereocenters. The Morgan fingerprint density at radius 1 is 1.19 bits per heavy atom. The fourth-order valence-corrected chi connectivity index (χ4v) is 3.67. The van der Waals surface area contributed by atoms with Gasteiger partial charge in [0.25, 0.3) is 5.91 Å². The summed E-state index contributed by atoms with van der Waals surface area (Å²) in [5.41, 5.74) is 4.49. The van der Waals surface area contributed by atoms with Crippen molar-refractivity contribution in [3.8, 4) is 0 Å². The van der Waals surface area contributed by atoms with Gasteiger partial charge < -0.3 is 9.88 Å².